The Labute approximate surface area is 113 Å². The lowest BCUT2D eigenvalue weighted by Crippen LogP contribution is -2.16. The van der Waals surface area contributed by atoms with Crippen LogP contribution in [0.4, 0.5) is 24.5 Å². The Kier molecular flexibility index (Phi) is 3.65. The number of anilines is 2. The maximum absolute atomic E-state index is 13.8. The molecule has 6 heteroatoms. The molecule has 0 spiro atoms. The zero-order chi connectivity index (χ0) is 14.9. The van der Waals surface area contributed by atoms with Crippen LogP contribution in [0.2, 0.25) is 0 Å². The molecule has 0 aliphatic carbocycles. The molecule has 20 heavy (non-hydrogen) atoms. The minimum Gasteiger partial charge on any atom is -0.396 e. The number of amides is 1. The van der Waals surface area contributed by atoms with Crippen molar-refractivity contribution in [2.75, 3.05) is 11.1 Å². The van der Waals surface area contributed by atoms with E-state index in [0.29, 0.717) is 0 Å². The van der Waals surface area contributed by atoms with Crippen LogP contribution in [0.15, 0.2) is 30.3 Å². The lowest BCUT2D eigenvalue weighted by Gasteiger charge is -2.09. The molecule has 0 heterocycles. The number of benzene rings is 2. The van der Waals surface area contributed by atoms with E-state index in [2.05, 4.69) is 5.32 Å². The average molecular weight is 280 g/mol. The fraction of sp³-hybridized carbons (Fsp3) is 0.0714. The Morgan fingerprint density at radius 2 is 1.75 bits per heavy atom. The maximum Gasteiger partial charge on any atom is 0.261 e. The van der Waals surface area contributed by atoms with E-state index >= 15 is 0 Å². The van der Waals surface area contributed by atoms with Gasteiger partial charge in [0.15, 0.2) is 0 Å². The number of aryl methyl sites for hydroxylation is 1. The normalized spacial score (nSPS) is 10.4. The van der Waals surface area contributed by atoms with Gasteiger partial charge in [-0.3, -0.25) is 4.79 Å². The molecule has 1 amide bonds. The SMILES string of the molecule is Cc1ccc(F)c(C(=O)Nc2ccc(F)c(N)c2)c1F. The van der Waals surface area contributed by atoms with E-state index in [1.54, 1.807) is 0 Å². The fourth-order valence-electron chi connectivity index (χ4n) is 1.68. The summed E-state index contributed by atoms with van der Waals surface area (Å²) in [4.78, 5) is 11.9. The molecule has 0 aromatic heterocycles. The lowest BCUT2D eigenvalue weighted by molar-refractivity contribution is 0.101. The van der Waals surface area contributed by atoms with Gasteiger partial charge >= 0.3 is 0 Å². The monoisotopic (exact) mass is 280 g/mol. The van der Waals surface area contributed by atoms with Gasteiger partial charge in [-0.25, -0.2) is 13.2 Å². The molecule has 3 nitrogen and oxygen atoms in total. The molecular formula is C14H11F3N2O. The predicted molar refractivity (Wildman–Crippen MR) is 69.9 cm³/mol. The summed E-state index contributed by atoms with van der Waals surface area (Å²) in [7, 11) is 0. The topological polar surface area (TPSA) is 55.1 Å². The summed E-state index contributed by atoms with van der Waals surface area (Å²) in [6.07, 6.45) is 0. The van der Waals surface area contributed by atoms with Gasteiger partial charge in [0, 0.05) is 5.69 Å². The number of halogens is 3. The highest BCUT2D eigenvalue weighted by Gasteiger charge is 2.19. The Morgan fingerprint density at radius 1 is 1.10 bits per heavy atom. The van der Waals surface area contributed by atoms with E-state index in [1.807, 2.05) is 0 Å². The first-order valence-corrected chi connectivity index (χ1v) is 5.71. The van der Waals surface area contributed by atoms with Crippen LogP contribution >= 0.6 is 0 Å². The quantitative estimate of drug-likeness (QED) is 0.830. The summed E-state index contributed by atoms with van der Waals surface area (Å²) in [5, 5.41) is 2.27. The number of hydrogen-bond acceptors (Lipinski definition) is 2. The molecular weight excluding hydrogens is 269 g/mol. The van der Waals surface area contributed by atoms with Crippen LogP contribution in [0.5, 0.6) is 0 Å². The second-order valence-corrected chi connectivity index (χ2v) is 4.24. The molecule has 0 fully saturated rings. The summed E-state index contributed by atoms with van der Waals surface area (Å²) in [6, 6.07) is 5.70. The number of carbonyl (C=O) groups is 1. The smallest absolute Gasteiger partial charge is 0.261 e. The number of hydrogen-bond donors (Lipinski definition) is 2. The van der Waals surface area contributed by atoms with Gasteiger partial charge in [-0.1, -0.05) is 6.07 Å². The van der Waals surface area contributed by atoms with Crippen molar-refractivity contribution in [2.45, 2.75) is 6.92 Å². The lowest BCUT2D eigenvalue weighted by atomic mass is 10.1. The molecule has 0 saturated heterocycles. The Morgan fingerprint density at radius 3 is 2.40 bits per heavy atom. The fourth-order valence-corrected chi connectivity index (χ4v) is 1.68. The average Bonchev–Trinajstić information content (AvgIpc) is 2.39. The van der Waals surface area contributed by atoms with Crippen LogP contribution in [0.1, 0.15) is 15.9 Å². The van der Waals surface area contributed by atoms with Gasteiger partial charge in [0.05, 0.1) is 5.69 Å². The summed E-state index contributed by atoms with van der Waals surface area (Å²) >= 11 is 0. The first-order valence-electron chi connectivity index (χ1n) is 5.71. The molecule has 0 aliphatic heterocycles. The molecule has 0 unspecified atom stereocenters. The number of nitrogens with two attached hydrogens (primary N) is 1. The van der Waals surface area contributed by atoms with E-state index in [1.165, 1.54) is 25.1 Å². The molecule has 3 N–H and O–H groups in total. The third-order valence-corrected chi connectivity index (χ3v) is 2.77. The molecule has 2 rings (SSSR count). The third-order valence-electron chi connectivity index (χ3n) is 2.77. The number of nitrogen functional groups attached to an aromatic ring is 1. The highest BCUT2D eigenvalue weighted by Crippen LogP contribution is 2.20. The van der Waals surface area contributed by atoms with E-state index in [4.69, 9.17) is 5.73 Å². The summed E-state index contributed by atoms with van der Waals surface area (Å²) < 4.78 is 40.3. The first-order chi connectivity index (χ1) is 9.40. The van der Waals surface area contributed by atoms with Crippen LogP contribution < -0.4 is 11.1 Å². The highest BCUT2D eigenvalue weighted by atomic mass is 19.1. The highest BCUT2D eigenvalue weighted by molar-refractivity contribution is 6.05. The van der Waals surface area contributed by atoms with Crippen molar-refractivity contribution in [3.63, 3.8) is 0 Å². The molecule has 2 aromatic rings. The minimum atomic E-state index is -0.972. The number of carbonyl (C=O) groups excluding carboxylic acids is 1. The van der Waals surface area contributed by atoms with Crippen molar-refractivity contribution in [1.82, 2.24) is 0 Å². The van der Waals surface area contributed by atoms with Crippen LogP contribution in [-0.4, -0.2) is 5.91 Å². The molecule has 104 valence electrons. The van der Waals surface area contributed by atoms with Gasteiger partial charge in [0.25, 0.3) is 5.91 Å². The second-order valence-electron chi connectivity index (χ2n) is 4.24. The molecule has 0 bridgehead atoms. The maximum atomic E-state index is 13.8. The van der Waals surface area contributed by atoms with Gasteiger partial charge in [0.2, 0.25) is 0 Å². The Hall–Kier alpha value is -2.50. The largest absolute Gasteiger partial charge is 0.396 e. The summed E-state index contributed by atoms with van der Waals surface area (Å²) in [6.45, 7) is 1.42. The molecule has 0 radical (unpaired) electrons. The minimum absolute atomic E-state index is 0.147. The molecule has 0 atom stereocenters. The standard InChI is InChI=1S/C14H11F3N2O/c1-7-2-4-10(16)12(13(7)17)14(20)19-8-3-5-9(15)11(18)6-8/h2-6H,18H2,1H3,(H,19,20). The predicted octanol–water partition coefficient (Wildman–Crippen LogP) is 3.25. The van der Waals surface area contributed by atoms with E-state index in [-0.39, 0.29) is 16.9 Å². The summed E-state index contributed by atoms with van der Waals surface area (Å²) in [5.74, 6) is -3.51. The summed E-state index contributed by atoms with van der Waals surface area (Å²) in [5.41, 5.74) is 4.78. The van der Waals surface area contributed by atoms with E-state index in [9.17, 15) is 18.0 Å². The van der Waals surface area contributed by atoms with Crippen molar-refractivity contribution in [2.24, 2.45) is 0 Å². The van der Waals surface area contributed by atoms with Gasteiger partial charge in [-0.05, 0) is 36.8 Å². The Bertz CT molecular complexity index is 686. The zero-order valence-corrected chi connectivity index (χ0v) is 10.5. The zero-order valence-electron chi connectivity index (χ0n) is 10.5. The van der Waals surface area contributed by atoms with E-state index in [0.717, 1.165) is 12.1 Å². The molecule has 0 saturated carbocycles. The van der Waals surface area contributed by atoms with Crippen molar-refractivity contribution in [1.29, 1.82) is 0 Å². The van der Waals surface area contributed by atoms with Crippen molar-refractivity contribution in [3.8, 4) is 0 Å². The van der Waals surface area contributed by atoms with Crippen molar-refractivity contribution in [3.05, 3.63) is 58.9 Å². The van der Waals surface area contributed by atoms with Crippen LogP contribution in [0.3, 0.4) is 0 Å². The van der Waals surface area contributed by atoms with Gasteiger partial charge < -0.3 is 11.1 Å². The van der Waals surface area contributed by atoms with Gasteiger partial charge in [-0.2, -0.15) is 0 Å². The van der Waals surface area contributed by atoms with Crippen molar-refractivity contribution >= 4 is 17.3 Å². The number of nitrogens with one attached hydrogen (secondary N) is 1. The molecule has 0 aliphatic rings. The number of rotatable bonds is 2. The third kappa shape index (κ3) is 2.59. The first kappa shape index (κ1) is 13.9. The van der Waals surface area contributed by atoms with Crippen LogP contribution in [0.25, 0.3) is 0 Å². The van der Waals surface area contributed by atoms with E-state index < -0.39 is 28.9 Å². The van der Waals surface area contributed by atoms with Gasteiger partial charge in [-0.15, -0.1) is 0 Å². The van der Waals surface area contributed by atoms with Gasteiger partial charge in [0.1, 0.15) is 23.0 Å². The van der Waals surface area contributed by atoms with Crippen LogP contribution in [-0.2, 0) is 0 Å². The second kappa shape index (κ2) is 5.24. The Balaban J connectivity index is 2.33. The van der Waals surface area contributed by atoms with Crippen molar-refractivity contribution < 1.29 is 18.0 Å². The van der Waals surface area contributed by atoms with Crippen LogP contribution in [0, 0.1) is 24.4 Å². The molecule has 2 aromatic carbocycles.